The molecule has 18 heavy (non-hydrogen) atoms. The topological polar surface area (TPSA) is 43.4 Å². The predicted molar refractivity (Wildman–Crippen MR) is 78.7 cm³/mol. The van der Waals surface area contributed by atoms with E-state index in [1.165, 1.54) is 0 Å². The van der Waals surface area contributed by atoms with Gasteiger partial charge in [-0.2, -0.15) is 0 Å². The molecule has 0 aliphatic carbocycles. The number of carbonyl (C=O) groups is 2. The van der Waals surface area contributed by atoms with Crippen LogP contribution in [0.15, 0.2) is 30.3 Å². The maximum Gasteiger partial charge on any atom is 0.323 e. The minimum absolute atomic E-state index is 0.291. The first kappa shape index (κ1) is 15.1. The van der Waals surface area contributed by atoms with E-state index in [4.69, 9.17) is 4.74 Å². The molecule has 0 unspecified atom stereocenters. The highest BCUT2D eigenvalue weighted by Crippen LogP contribution is 2.24. The fourth-order valence-corrected chi connectivity index (χ4v) is 1.85. The first-order valence-electron chi connectivity index (χ1n) is 5.85. The number of hydrogen-bond acceptors (Lipinski definition) is 3. The zero-order valence-corrected chi connectivity index (χ0v) is 12.8. The average molecular weight is 360 g/mol. The number of carbonyl (C=O) groups excluding carboxylic acids is 2. The molecule has 1 aromatic rings. The third-order valence-electron chi connectivity index (χ3n) is 2.73. The van der Waals surface area contributed by atoms with E-state index in [2.05, 4.69) is 22.6 Å². The Labute approximate surface area is 121 Å². The van der Waals surface area contributed by atoms with Crippen molar-refractivity contribution in [3.63, 3.8) is 0 Å². The van der Waals surface area contributed by atoms with E-state index in [0.717, 1.165) is 16.4 Å². The van der Waals surface area contributed by atoms with Crippen LogP contribution < -0.4 is 0 Å². The Hall–Kier alpha value is -0.910. The Morgan fingerprint density at radius 1 is 1.22 bits per heavy atom. The van der Waals surface area contributed by atoms with Gasteiger partial charge in [0.1, 0.15) is 0 Å². The largest absolute Gasteiger partial charge is 0.392 e. The molecule has 0 saturated carbocycles. The molecule has 0 saturated heterocycles. The van der Waals surface area contributed by atoms with E-state index in [9.17, 15) is 9.59 Å². The highest BCUT2D eigenvalue weighted by molar-refractivity contribution is 14.1. The van der Waals surface area contributed by atoms with Crippen LogP contribution in [0, 0.1) is 0 Å². The van der Waals surface area contributed by atoms with Crippen LogP contribution in [0.5, 0.6) is 0 Å². The minimum atomic E-state index is -0.804. The first-order valence-corrected chi connectivity index (χ1v) is 7.37. The lowest BCUT2D eigenvalue weighted by Gasteiger charge is -2.22. The summed E-state index contributed by atoms with van der Waals surface area (Å²) in [5.41, 5.74) is 0.0398. The number of hydrogen-bond donors (Lipinski definition) is 0. The van der Waals surface area contributed by atoms with Crippen molar-refractivity contribution in [1.29, 1.82) is 0 Å². The summed E-state index contributed by atoms with van der Waals surface area (Å²) < 4.78 is 5.77. The van der Waals surface area contributed by atoms with Crippen molar-refractivity contribution in [2.45, 2.75) is 32.1 Å². The summed E-state index contributed by atoms with van der Waals surface area (Å²) >= 11 is 2.19. The molecule has 0 atom stereocenters. The standard InChI is InChI=1S/C14H17IO3/c1-14(2,11-7-4-3-5-8-11)13(17)18-12(16)9-6-10-15/h3-5,7-8H,6,9-10H2,1-2H3. The van der Waals surface area contributed by atoms with Gasteiger partial charge in [-0.05, 0) is 25.8 Å². The molecule has 1 aromatic carbocycles. The fourth-order valence-electron chi connectivity index (χ4n) is 1.47. The highest BCUT2D eigenvalue weighted by atomic mass is 127. The first-order chi connectivity index (χ1) is 8.48. The SMILES string of the molecule is CC(C)(C(=O)OC(=O)CCCI)c1ccccc1. The molecule has 0 heterocycles. The number of rotatable bonds is 5. The summed E-state index contributed by atoms with van der Waals surface area (Å²) in [7, 11) is 0. The Bertz CT molecular complexity index is 412. The second-order valence-corrected chi connectivity index (χ2v) is 5.62. The summed E-state index contributed by atoms with van der Waals surface area (Å²) in [6.45, 7) is 3.52. The third kappa shape index (κ3) is 4.08. The van der Waals surface area contributed by atoms with Crippen LogP contribution in [-0.4, -0.2) is 16.4 Å². The molecule has 0 aliphatic rings. The third-order valence-corrected chi connectivity index (χ3v) is 3.49. The van der Waals surface area contributed by atoms with Gasteiger partial charge in [0.2, 0.25) is 0 Å². The van der Waals surface area contributed by atoms with Gasteiger partial charge in [0.25, 0.3) is 0 Å². The molecule has 1 rings (SSSR count). The molecule has 3 nitrogen and oxygen atoms in total. The Balaban J connectivity index is 2.68. The molecule has 0 aliphatic heterocycles. The van der Waals surface area contributed by atoms with Crippen LogP contribution in [0.2, 0.25) is 0 Å². The van der Waals surface area contributed by atoms with Crippen LogP contribution in [-0.2, 0) is 19.7 Å². The molecule has 0 radical (unpaired) electrons. The summed E-state index contributed by atoms with van der Waals surface area (Å²) in [6, 6.07) is 9.33. The quantitative estimate of drug-likeness (QED) is 0.350. The normalized spacial score (nSPS) is 11.1. The second kappa shape index (κ2) is 6.87. The minimum Gasteiger partial charge on any atom is -0.392 e. The van der Waals surface area contributed by atoms with Gasteiger partial charge in [-0.25, -0.2) is 0 Å². The van der Waals surface area contributed by atoms with E-state index in [0.29, 0.717) is 6.42 Å². The van der Waals surface area contributed by atoms with Gasteiger partial charge in [-0.1, -0.05) is 52.9 Å². The van der Waals surface area contributed by atoms with Gasteiger partial charge in [-0.3, -0.25) is 9.59 Å². The van der Waals surface area contributed by atoms with Crippen molar-refractivity contribution >= 4 is 34.5 Å². The van der Waals surface area contributed by atoms with Crippen molar-refractivity contribution in [3.05, 3.63) is 35.9 Å². The summed E-state index contributed by atoms with van der Waals surface area (Å²) in [4.78, 5) is 23.4. The van der Waals surface area contributed by atoms with Crippen LogP contribution in [0.25, 0.3) is 0 Å². The molecular weight excluding hydrogens is 343 g/mol. The number of alkyl halides is 1. The zero-order valence-electron chi connectivity index (χ0n) is 10.6. The van der Waals surface area contributed by atoms with Gasteiger partial charge in [0.05, 0.1) is 5.41 Å². The molecule has 0 amide bonds. The zero-order chi connectivity index (χ0) is 13.6. The lowest BCUT2D eigenvalue weighted by atomic mass is 9.85. The van der Waals surface area contributed by atoms with Gasteiger partial charge in [0, 0.05) is 10.8 Å². The summed E-state index contributed by atoms with van der Waals surface area (Å²) in [5, 5.41) is 0. The monoisotopic (exact) mass is 360 g/mol. The second-order valence-electron chi connectivity index (χ2n) is 4.55. The van der Waals surface area contributed by atoms with Gasteiger partial charge in [0.15, 0.2) is 0 Å². The van der Waals surface area contributed by atoms with E-state index in [-0.39, 0.29) is 0 Å². The van der Waals surface area contributed by atoms with Crippen LogP contribution >= 0.6 is 22.6 Å². The lowest BCUT2D eigenvalue weighted by molar-refractivity contribution is -0.163. The van der Waals surface area contributed by atoms with E-state index in [1.807, 2.05) is 30.3 Å². The molecule has 0 aromatic heterocycles. The molecular formula is C14H17IO3. The predicted octanol–water partition coefficient (Wildman–Crippen LogP) is 3.25. The number of esters is 2. The smallest absolute Gasteiger partial charge is 0.323 e. The van der Waals surface area contributed by atoms with Gasteiger partial charge in [-0.15, -0.1) is 0 Å². The van der Waals surface area contributed by atoms with Crippen molar-refractivity contribution in [3.8, 4) is 0 Å². The molecule has 98 valence electrons. The summed E-state index contributed by atoms with van der Waals surface area (Å²) in [6.07, 6.45) is 1.03. The average Bonchev–Trinajstić information content (AvgIpc) is 2.37. The van der Waals surface area contributed by atoms with E-state index < -0.39 is 17.4 Å². The van der Waals surface area contributed by atoms with E-state index >= 15 is 0 Å². The Morgan fingerprint density at radius 3 is 2.39 bits per heavy atom. The van der Waals surface area contributed by atoms with Crippen molar-refractivity contribution in [1.82, 2.24) is 0 Å². The maximum absolute atomic E-state index is 12.0. The van der Waals surface area contributed by atoms with Crippen molar-refractivity contribution < 1.29 is 14.3 Å². The highest BCUT2D eigenvalue weighted by Gasteiger charge is 2.32. The number of halogens is 1. The molecule has 0 bridgehead atoms. The molecule has 4 heteroatoms. The maximum atomic E-state index is 12.0. The van der Waals surface area contributed by atoms with Crippen molar-refractivity contribution in [2.24, 2.45) is 0 Å². The van der Waals surface area contributed by atoms with Gasteiger partial charge >= 0.3 is 11.9 Å². The number of ether oxygens (including phenoxy) is 1. The Morgan fingerprint density at radius 2 is 1.83 bits per heavy atom. The molecule has 0 fully saturated rings. The molecule has 0 spiro atoms. The fraction of sp³-hybridized carbons (Fsp3) is 0.429. The van der Waals surface area contributed by atoms with E-state index in [1.54, 1.807) is 13.8 Å². The Kier molecular flexibility index (Phi) is 5.78. The summed E-state index contributed by atoms with van der Waals surface area (Å²) in [5.74, 6) is -0.937. The van der Waals surface area contributed by atoms with Crippen molar-refractivity contribution in [2.75, 3.05) is 4.43 Å². The van der Waals surface area contributed by atoms with Crippen LogP contribution in [0.4, 0.5) is 0 Å². The number of benzene rings is 1. The van der Waals surface area contributed by atoms with Crippen LogP contribution in [0.3, 0.4) is 0 Å². The lowest BCUT2D eigenvalue weighted by Crippen LogP contribution is -2.32. The van der Waals surface area contributed by atoms with Gasteiger partial charge < -0.3 is 4.74 Å². The van der Waals surface area contributed by atoms with Crippen LogP contribution in [0.1, 0.15) is 32.3 Å². The molecule has 0 N–H and O–H groups in total.